The Morgan fingerprint density at radius 1 is 1.52 bits per heavy atom. The van der Waals surface area contributed by atoms with Crippen LogP contribution >= 0.6 is 12.2 Å². The molecule has 1 aromatic carbocycles. The van der Waals surface area contributed by atoms with Gasteiger partial charge in [-0.25, -0.2) is 0 Å². The van der Waals surface area contributed by atoms with Crippen molar-refractivity contribution in [3.05, 3.63) is 38.9 Å². The van der Waals surface area contributed by atoms with E-state index in [0.717, 1.165) is 19.4 Å². The van der Waals surface area contributed by atoms with Gasteiger partial charge >= 0.3 is 0 Å². The molecule has 1 fully saturated rings. The van der Waals surface area contributed by atoms with E-state index in [1.54, 1.807) is 25.3 Å². The average Bonchev–Trinajstić information content (AvgIpc) is 3.12. The Morgan fingerprint density at radius 2 is 2.36 bits per heavy atom. The predicted octanol–water partition coefficient (Wildman–Crippen LogP) is 1.61. The second-order valence-corrected chi connectivity index (χ2v) is 6.37. The Morgan fingerprint density at radius 3 is 3.08 bits per heavy atom. The molecule has 1 atom stereocenters. The molecule has 1 saturated heterocycles. The van der Waals surface area contributed by atoms with E-state index in [-0.39, 0.29) is 17.6 Å². The van der Waals surface area contributed by atoms with Crippen molar-refractivity contribution in [3.8, 4) is 0 Å². The monoisotopic (exact) mass is 363 g/mol. The van der Waals surface area contributed by atoms with Gasteiger partial charge in [0, 0.05) is 25.8 Å². The Kier molecular flexibility index (Phi) is 5.62. The highest BCUT2D eigenvalue weighted by Gasteiger charge is 2.17. The van der Waals surface area contributed by atoms with Crippen molar-refractivity contribution in [2.75, 3.05) is 26.9 Å². The third kappa shape index (κ3) is 3.97. The number of ether oxygens (including phenoxy) is 2. The second kappa shape index (κ2) is 7.90. The van der Waals surface area contributed by atoms with Crippen molar-refractivity contribution < 1.29 is 14.3 Å². The number of nitrogens with one attached hydrogen (secondary N) is 2. The number of aromatic amines is 1. The first-order chi connectivity index (χ1) is 12.1. The van der Waals surface area contributed by atoms with Crippen molar-refractivity contribution in [1.29, 1.82) is 0 Å². The first-order valence-corrected chi connectivity index (χ1v) is 8.66. The molecule has 134 valence electrons. The molecule has 1 amide bonds. The lowest BCUT2D eigenvalue weighted by Gasteiger charge is -2.11. The van der Waals surface area contributed by atoms with Crippen molar-refractivity contribution in [1.82, 2.24) is 14.9 Å². The molecule has 2 N–H and O–H groups in total. The van der Waals surface area contributed by atoms with E-state index >= 15 is 0 Å². The van der Waals surface area contributed by atoms with Gasteiger partial charge in [-0.15, -0.1) is 0 Å². The van der Waals surface area contributed by atoms with Gasteiger partial charge in [0.2, 0.25) is 0 Å². The van der Waals surface area contributed by atoms with E-state index < -0.39 is 0 Å². The fourth-order valence-electron chi connectivity index (χ4n) is 2.90. The fourth-order valence-corrected chi connectivity index (χ4v) is 3.18. The van der Waals surface area contributed by atoms with E-state index in [0.29, 0.717) is 40.9 Å². The molecule has 0 saturated carbocycles. The van der Waals surface area contributed by atoms with Crippen LogP contribution < -0.4 is 10.9 Å². The van der Waals surface area contributed by atoms with Gasteiger partial charge in [-0.05, 0) is 43.3 Å². The third-order valence-electron chi connectivity index (χ3n) is 4.28. The summed E-state index contributed by atoms with van der Waals surface area (Å²) in [5.41, 5.74) is 0.834. The molecule has 0 unspecified atom stereocenters. The Labute approximate surface area is 149 Å². The molecule has 0 aliphatic carbocycles. The molecule has 25 heavy (non-hydrogen) atoms. The van der Waals surface area contributed by atoms with E-state index in [1.807, 2.05) is 0 Å². The normalized spacial score (nSPS) is 17.1. The number of aromatic nitrogens is 2. The molecule has 8 heteroatoms. The number of carbonyl (C=O) groups excluding carboxylic acids is 1. The number of H-pyrrole nitrogens is 1. The smallest absolute Gasteiger partial charge is 0.262 e. The highest BCUT2D eigenvalue weighted by atomic mass is 32.1. The summed E-state index contributed by atoms with van der Waals surface area (Å²) >= 11 is 5.25. The lowest BCUT2D eigenvalue weighted by Crippen LogP contribution is -2.31. The van der Waals surface area contributed by atoms with Crippen molar-refractivity contribution in [2.45, 2.75) is 25.5 Å². The van der Waals surface area contributed by atoms with Crippen LogP contribution in [0.5, 0.6) is 0 Å². The van der Waals surface area contributed by atoms with Crippen molar-refractivity contribution in [2.24, 2.45) is 0 Å². The van der Waals surface area contributed by atoms with Gasteiger partial charge in [0.25, 0.3) is 11.5 Å². The number of fused-ring (bicyclic) bond motifs is 1. The van der Waals surface area contributed by atoms with Crippen LogP contribution in [-0.2, 0) is 16.0 Å². The van der Waals surface area contributed by atoms with Gasteiger partial charge in [0.05, 0.1) is 30.2 Å². The third-order valence-corrected chi connectivity index (χ3v) is 4.60. The number of benzene rings is 1. The average molecular weight is 363 g/mol. The second-order valence-electron chi connectivity index (χ2n) is 5.99. The predicted molar refractivity (Wildman–Crippen MR) is 96.6 cm³/mol. The first-order valence-electron chi connectivity index (χ1n) is 8.26. The summed E-state index contributed by atoms with van der Waals surface area (Å²) in [6, 6.07) is 4.94. The number of amides is 1. The number of hydrogen-bond donors (Lipinski definition) is 2. The summed E-state index contributed by atoms with van der Waals surface area (Å²) in [7, 11) is 1.57. The highest BCUT2D eigenvalue weighted by molar-refractivity contribution is 7.71. The first kappa shape index (κ1) is 17.8. The maximum absolute atomic E-state index is 12.5. The number of carbonyl (C=O) groups is 1. The summed E-state index contributed by atoms with van der Waals surface area (Å²) in [6.45, 7) is 2.02. The van der Waals surface area contributed by atoms with Crippen molar-refractivity contribution >= 4 is 29.0 Å². The van der Waals surface area contributed by atoms with Gasteiger partial charge in [0.15, 0.2) is 4.77 Å². The Bertz CT molecular complexity index is 884. The van der Waals surface area contributed by atoms with Gasteiger partial charge < -0.3 is 19.8 Å². The highest BCUT2D eigenvalue weighted by Crippen LogP contribution is 2.13. The fraction of sp³-hybridized carbons (Fsp3) is 0.471. The zero-order valence-corrected chi connectivity index (χ0v) is 14.9. The van der Waals surface area contributed by atoms with Crippen LogP contribution in [0.1, 0.15) is 23.2 Å². The molecule has 0 bridgehead atoms. The number of rotatable bonds is 6. The summed E-state index contributed by atoms with van der Waals surface area (Å²) in [6.07, 6.45) is 2.08. The quantitative estimate of drug-likeness (QED) is 0.762. The topological polar surface area (TPSA) is 85.3 Å². The van der Waals surface area contributed by atoms with Crippen molar-refractivity contribution in [3.63, 3.8) is 0 Å². The maximum Gasteiger partial charge on any atom is 0.262 e. The van der Waals surface area contributed by atoms with Gasteiger partial charge in [-0.3, -0.25) is 14.2 Å². The summed E-state index contributed by atoms with van der Waals surface area (Å²) in [5.74, 6) is -0.194. The van der Waals surface area contributed by atoms with E-state index in [1.165, 1.54) is 4.57 Å². The largest absolute Gasteiger partial charge is 0.383 e. The Balaban J connectivity index is 1.83. The van der Waals surface area contributed by atoms with Gasteiger partial charge in [0.1, 0.15) is 0 Å². The summed E-state index contributed by atoms with van der Waals surface area (Å²) in [4.78, 5) is 27.9. The van der Waals surface area contributed by atoms with E-state index in [2.05, 4.69) is 10.3 Å². The zero-order chi connectivity index (χ0) is 17.8. The molecule has 1 aliphatic rings. The molecule has 2 heterocycles. The van der Waals surface area contributed by atoms with Gasteiger partial charge in [-0.1, -0.05) is 0 Å². The molecule has 1 aliphatic heterocycles. The minimum atomic E-state index is -0.194. The van der Waals surface area contributed by atoms with Gasteiger partial charge in [-0.2, -0.15) is 0 Å². The standard InChI is InChI=1S/C17H21N3O4S/c1-23-8-6-20-16(22)13-5-4-11(9-14(13)19-17(20)25)15(21)18-10-12-3-2-7-24-12/h4-5,9,12H,2-3,6-8,10H2,1H3,(H,18,21)(H,19,25)/t12-/m0/s1. The zero-order valence-electron chi connectivity index (χ0n) is 14.0. The van der Waals surface area contributed by atoms with E-state index in [4.69, 9.17) is 21.7 Å². The van der Waals surface area contributed by atoms with Crippen LogP contribution in [0.4, 0.5) is 0 Å². The summed E-state index contributed by atoms with van der Waals surface area (Å²) < 4.78 is 12.3. The van der Waals surface area contributed by atoms with E-state index in [9.17, 15) is 9.59 Å². The molecule has 0 spiro atoms. The lowest BCUT2D eigenvalue weighted by molar-refractivity contribution is 0.0858. The maximum atomic E-state index is 12.5. The van der Waals surface area contributed by atoms with Crippen LogP contribution in [0, 0.1) is 4.77 Å². The molecule has 3 rings (SSSR count). The molecular weight excluding hydrogens is 342 g/mol. The lowest BCUT2D eigenvalue weighted by atomic mass is 10.1. The number of methoxy groups -OCH3 is 1. The molecule has 7 nitrogen and oxygen atoms in total. The van der Waals surface area contributed by atoms with Crippen LogP contribution in [0.2, 0.25) is 0 Å². The van der Waals surface area contributed by atoms with Crippen LogP contribution in [0.3, 0.4) is 0 Å². The SMILES string of the molecule is COCCn1c(=S)[nH]c2cc(C(=O)NC[C@@H]3CCCO3)ccc2c1=O. The number of nitrogens with zero attached hydrogens (tertiary/aromatic N) is 1. The number of hydrogen-bond acceptors (Lipinski definition) is 5. The molecular formula is C17H21N3O4S. The molecule has 2 aromatic rings. The molecule has 0 radical (unpaired) electrons. The summed E-state index contributed by atoms with van der Waals surface area (Å²) in [5, 5.41) is 3.36. The minimum Gasteiger partial charge on any atom is -0.383 e. The van der Waals surface area contributed by atoms with Crippen LogP contribution in [-0.4, -0.2) is 48.4 Å². The van der Waals surface area contributed by atoms with Crippen LogP contribution in [0.15, 0.2) is 23.0 Å². The Hall–Kier alpha value is -2.03. The van der Waals surface area contributed by atoms with Crippen LogP contribution in [0.25, 0.3) is 10.9 Å². The molecule has 1 aromatic heterocycles. The minimum absolute atomic E-state index is 0.0863.